The van der Waals surface area contributed by atoms with Crippen molar-refractivity contribution in [1.82, 2.24) is 0 Å². The van der Waals surface area contributed by atoms with Crippen molar-refractivity contribution < 1.29 is 4.74 Å². The van der Waals surface area contributed by atoms with Gasteiger partial charge in [0.25, 0.3) is 0 Å². The van der Waals surface area contributed by atoms with E-state index in [1.54, 1.807) is 0 Å². The molecule has 0 heterocycles. The highest BCUT2D eigenvalue weighted by molar-refractivity contribution is 9.10. The van der Waals surface area contributed by atoms with Gasteiger partial charge in [-0.3, -0.25) is 0 Å². The van der Waals surface area contributed by atoms with Gasteiger partial charge in [0.05, 0.1) is 5.54 Å². The largest absolute Gasteiger partial charge is 0.491 e. The van der Waals surface area contributed by atoms with Crippen LogP contribution in [0.15, 0.2) is 22.7 Å². The lowest BCUT2D eigenvalue weighted by Crippen LogP contribution is -2.29. The lowest BCUT2D eigenvalue weighted by molar-refractivity contribution is 0.277. The first-order chi connectivity index (χ1) is 6.59. The molecule has 2 nitrogen and oxygen atoms in total. The highest BCUT2D eigenvalue weighted by Gasteiger charge is 2.39. The molecular weight excluding hydrogens is 242 g/mol. The van der Waals surface area contributed by atoms with Crippen molar-refractivity contribution in [2.75, 3.05) is 6.61 Å². The summed E-state index contributed by atoms with van der Waals surface area (Å²) in [4.78, 5) is 0. The van der Waals surface area contributed by atoms with Crippen molar-refractivity contribution in [3.63, 3.8) is 0 Å². The van der Waals surface area contributed by atoms with Crippen LogP contribution in [0.5, 0.6) is 5.75 Å². The Kier molecular flexibility index (Phi) is 2.54. The SMILES string of the molecule is Cc1ccc(Br)cc1OCC1(N)CC1. The summed E-state index contributed by atoms with van der Waals surface area (Å²) in [5.41, 5.74) is 7.05. The van der Waals surface area contributed by atoms with Gasteiger partial charge in [0, 0.05) is 4.47 Å². The van der Waals surface area contributed by atoms with E-state index >= 15 is 0 Å². The van der Waals surface area contributed by atoms with Crippen LogP contribution in [0.3, 0.4) is 0 Å². The van der Waals surface area contributed by atoms with Gasteiger partial charge in [-0.05, 0) is 37.5 Å². The molecule has 0 aromatic heterocycles. The summed E-state index contributed by atoms with van der Waals surface area (Å²) in [7, 11) is 0. The maximum Gasteiger partial charge on any atom is 0.123 e. The van der Waals surface area contributed by atoms with Crippen molar-refractivity contribution in [2.24, 2.45) is 5.73 Å². The van der Waals surface area contributed by atoms with Crippen molar-refractivity contribution in [3.05, 3.63) is 28.2 Å². The van der Waals surface area contributed by atoms with Crippen LogP contribution in [0.4, 0.5) is 0 Å². The minimum Gasteiger partial charge on any atom is -0.491 e. The van der Waals surface area contributed by atoms with Crippen LogP contribution < -0.4 is 10.5 Å². The number of aryl methyl sites for hydroxylation is 1. The lowest BCUT2D eigenvalue weighted by atomic mass is 10.2. The Morgan fingerprint density at radius 3 is 2.86 bits per heavy atom. The molecule has 0 unspecified atom stereocenters. The van der Waals surface area contributed by atoms with Crippen LogP contribution in [0.25, 0.3) is 0 Å². The van der Waals surface area contributed by atoms with Gasteiger partial charge >= 0.3 is 0 Å². The molecule has 0 bridgehead atoms. The van der Waals surface area contributed by atoms with E-state index in [2.05, 4.69) is 15.9 Å². The molecule has 1 aliphatic rings. The summed E-state index contributed by atoms with van der Waals surface area (Å²) in [5, 5.41) is 0. The van der Waals surface area contributed by atoms with E-state index in [-0.39, 0.29) is 5.54 Å². The van der Waals surface area contributed by atoms with Gasteiger partial charge in [0.15, 0.2) is 0 Å². The maximum atomic E-state index is 5.95. The number of benzene rings is 1. The van der Waals surface area contributed by atoms with E-state index in [0.29, 0.717) is 6.61 Å². The predicted octanol–water partition coefficient (Wildman–Crippen LogP) is 2.63. The van der Waals surface area contributed by atoms with Gasteiger partial charge < -0.3 is 10.5 Å². The molecule has 2 rings (SSSR count). The van der Waals surface area contributed by atoms with E-state index in [9.17, 15) is 0 Å². The summed E-state index contributed by atoms with van der Waals surface area (Å²) < 4.78 is 6.73. The fourth-order valence-corrected chi connectivity index (χ4v) is 1.60. The molecule has 14 heavy (non-hydrogen) atoms. The zero-order chi connectivity index (χ0) is 10.2. The fraction of sp³-hybridized carbons (Fsp3) is 0.455. The Hall–Kier alpha value is -0.540. The molecule has 0 atom stereocenters. The molecule has 0 amide bonds. The molecule has 1 aromatic carbocycles. The lowest BCUT2D eigenvalue weighted by Gasteiger charge is -2.13. The monoisotopic (exact) mass is 255 g/mol. The van der Waals surface area contributed by atoms with Gasteiger partial charge in [-0.25, -0.2) is 0 Å². The predicted molar refractivity (Wildman–Crippen MR) is 60.5 cm³/mol. The van der Waals surface area contributed by atoms with Crippen LogP contribution >= 0.6 is 15.9 Å². The minimum absolute atomic E-state index is 0.0469. The van der Waals surface area contributed by atoms with Crippen molar-refractivity contribution in [1.29, 1.82) is 0 Å². The second-order valence-corrected chi connectivity index (χ2v) is 4.98. The first-order valence-corrected chi connectivity index (χ1v) is 5.56. The number of nitrogens with two attached hydrogens (primary N) is 1. The summed E-state index contributed by atoms with van der Waals surface area (Å²) in [6.07, 6.45) is 2.17. The van der Waals surface area contributed by atoms with E-state index in [1.165, 1.54) is 0 Å². The average molecular weight is 256 g/mol. The van der Waals surface area contributed by atoms with Crippen molar-refractivity contribution >= 4 is 15.9 Å². The summed E-state index contributed by atoms with van der Waals surface area (Å²) in [6, 6.07) is 6.04. The second kappa shape index (κ2) is 3.55. The number of hydrogen-bond acceptors (Lipinski definition) is 2. The van der Waals surface area contributed by atoms with Crippen LogP contribution in [0.1, 0.15) is 18.4 Å². The number of rotatable bonds is 3. The molecule has 0 aliphatic heterocycles. The molecule has 3 heteroatoms. The molecule has 0 saturated heterocycles. The Morgan fingerprint density at radius 1 is 1.50 bits per heavy atom. The van der Waals surface area contributed by atoms with E-state index in [1.807, 2.05) is 25.1 Å². The number of halogens is 1. The third-order valence-electron chi connectivity index (χ3n) is 2.56. The molecular formula is C11H14BrNO. The zero-order valence-electron chi connectivity index (χ0n) is 8.22. The molecule has 1 saturated carbocycles. The zero-order valence-corrected chi connectivity index (χ0v) is 9.80. The normalized spacial score (nSPS) is 17.9. The van der Waals surface area contributed by atoms with E-state index in [0.717, 1.165) is 28.6 Å². The van der Waals surface area contributed by atoms with Gasteiger partial charge in [-0.1, -0.05) is 22.0 Å². The molecule has 1 fully saturated rings. The van der Waals surface area contributed by atoms with Crippen molar-refractivity contribution in [2.45, 2.75) is 25.3 Å². The molecule has 76 valence electrons. The van der Waals surface area contributed by atoms with Gasteiger partial charge in [-0.15, -0.1) is 0 Å². The summed E-state index contributed by atoms with van der Waals surface area (Å²) in [5.74, 6) is 0.927. The van der Waals surface area contributed by atoms with Crippen LogP contribution in [-0.4, -0.2) is 12.1 Å². The minimum atomic E-state index is -0.0469. The summed E-state index contributed by atoms with van der Waals surface area (Å²) in [6.45, 7) is 2.67. The summed E-state index contributed by atoms with van der Waals surface area (Å²) >= 11 is 3.42. The van der Waals surface area contributed by atoms with Crippen LogP contribution in [0, 0.1) is 6.92 Å². The Morgan fingerprint density at radius 2 is 2.21 bits per heavy atom. The molecule has 0 radical (unpaired) electrons. The smallest absolute Gasteiger partial charge is 0.123 e. The third-order valence-corrected chi connectivity index (χ3v) is 3.05. The maximum absolute atomic E-state index is 5.95. The second-order valence-electron chi connectivity index (χ2n) is 4.06. The topological polar surface area (TPSA) is 35.2 Å². The van der Waals surface area contributed by atoms with Gasteiger partial charge in [0.1, 0.15) is 12.4 Å². The third kappa shape index (κ3) is 2.28. The average Bonchev–Trinajstić information content (AvgIpc) is 2.87. The number of ether oxygens (including phenoxy) is 1. The Balaban J connectivity index is 2.04. The van der Waals surface area contributed by atoms with Crippen LogP contribution in [-0.2, 0) is 0 Å². The Labute approximate surface area is 92.6 Å². The van der Waals surface area contributed by atoms with Gasteiger partial charge in [0.2, 0.25) is 0 Å². The van der Waals surface area contributed by atoms with Crippen molar-refractivity contribution in [3.8, 4) is 5.75 Å². The molecule has 0 spiro atoms. The first kappa shape index (κ1) is 9.99. The highest BCUT2D eigenvalue weighted by atomic mass is 79.9. The van der Waals surface area contributed by atoms with E-state index in [4.69, 9.17) is 10.5 Å². The molecule has 1 aliphatic carbocycles. The van der Waals surface area contributed by atoms with E-state index < -0.39 is 0 Å². The van der Waals surface area contributed by atoms with Crippen LogP contribution in [0.2, 0.25) is 0 Å². The fourth-order valence-electron chi connectivity index (χ4n) is 1.26. The molecule has 2 N–H and O–H groups in total. The Bertz CT molecular complexity index is 347. The highest BCUT2D eigenvalue weighted by Crippen LogP contribution is 2.33. The molecule has 1 aromatic rings. The number of hydrogen-bond donors (Lipinski definition) is 1. The standard InChI is InChI=1S/C11H14BrNO/c1-8-2-3-9(12)6-10(8)14-7-11(13)4-5-11/h2-3,6H,4-5,7,13H2,1H3. The van der Waals surface area contributed by atoms with Gasteiger partial charge in [-0.2, -0.15) is 0 Å². The quantitative estimate of drug-likeness (QED) is 0.902. The first-order valence-electron chi connectivity index (χ1n) is 4.77.